The van der Waals surface area contributed by atoms with Gasteiger partial charge in [-0.15, -0.1) is 0 Å². The van der Waals surface area contributed by atoms with Crippen LogP contribution in [0.4, 0.5) is 0 Å². The molecule has 1 aliphatic rings. The summed E-state index contributed by atoms with van der Waals surface area (Å²) >= 11 is 6.22. The van der Waals surface area contributed by atoms with Crippen molar-refractivity contribution in [3.05, 3.63) is 52.0 Å². The molecule has 156 valence electrons. The van der Waals surface area contributed by atoms with E-state index in [2.05, 4.69) is 5.32 Å². The van der Waals surface area contributed by atoms with Gasteiger partial charge in [0.1, 0.15) is 22.8 Å². The quantitative estimate of drug-likeness (QED) is 0.730. The Hall–Kier alpha value is -2.40. The summed E-state index contributed by atoms with van der Waals surface area (Å²) in [4.78, 5) is 12.9. The van der Waals surface area contributed by atoms with Gasteiger partial charge in [-0.1, -0.05) is 11.6 Å². The molecule has 0 radical (unpaired) electrons. The highest BCUT2D eigenvalue weighted by molar-refractivity contribution is 6.32. The number of hydrogen-bond acceptors (Lipinski definition) is 4. The third-order valence-corrected chi connectivity index (χ3v) is 5.68. The third-order valence-electron chi connectivity index (χ3n) is 5.09. The molecule has 2 atom stereocenters. The molecular weight excluding hydrogens is 390 g/mol. The highest BCUT2D eigenvalue weighted by Gasteiger charge is 2.35. The smallest absolute Gasteiger partial charge is 0.261 e. The van der Waals surface area contributed by atoms with E-state index in [4.69, 9.17) is 25.8 Å². The lowest BCUT2D eigenvalue weighted by Crippen LogP contribution is -2.44. The molecule has 3 rings (SSSR count). The summed E-state index contributed by atoms with van der Waals surface area (Å²) in [5.41, 5.74) is 2.36. The minimum atomic E-state index is -0.650. The predicted molar refractivity (Wildman–Crippen MR) is 114 cm³/mol. The van der Waals surface area contributed by atoms with Crippen molar-refractivity contribution in [1.29, 1.82) is 0 Å². The fraction of sp³-hybridized carbons (Fsp3) is 0.435. The van der Waals surface area contributed by atoms with E-state index in [9.17, 15) is 4.79 Å². The molecule has 1 aliphatic heterocycles. The van der Waals surface area contributed by atoms with E-state index in [1.54, 1.807) is 14.0 Å². The van der Waals surface area contributed by atoms with E-state index in [1.807, 2.05) is 58.0 Å². The van der Waals surface area contributed by atoms with Gasteiger partial charge in [-0.05, 0) is 70.0 Å². The number of amides is 1. The van der Waals surface area contributed by atoms with Gasteiger partial charge in [-0.2, -0.15) is 0 Å². The highest BCUT2D eigenvalue weighted by Crippen LogP contribution is 2.41. The lowest BCUT2D eigenvalue weighted by molar-refractivity contribution is -0.128. The maximum Gasteiger partial charge on any atom is 0.261 e. The first-order chi connectivity index (χ1) is 13.6. The zero-order chi connectivity index (χ0) is 21.3. The third kappa shape index (κ3) is 4.78. The van der Waals surface area contributed by atoms with E-state index in [0.29, 0.717) is 17.2 Å². The number of aryl methyl sites for hydroxylation is 2. The Morgan fingerprint density at radius 1 is 1.21 bits per heavy atom. The topological polar surface area (TPSA) is 56.8 Å². The van der Waals surface area contributed by atoms with Crippen molar-refractivity contribution in [1.82, 2.24) is 5.32 Å². The lowest BCUT2D eigenvalue weighted by Gasteiger charge is -2.38. The van der Waals surface area contributed by atoms with E-state index in [-0.39, 0.29) is 11.9 Å². The Bertz CT molecular complexity index is 902. The van der Waals surface area contributed by atoms with E-state index in [0.717, 1.165) is 28.2 Å². The molecule has 0 fully saturated rings. The van der Waals surface area contributed by atoms with Gasteiger partial charge in [0.2, 0.25) is 0 Å². The molecule has 1 N–H and O–H groups in total. The molecule has 0 aliphatic carbocycles. The molecule has 2 aromatic rings. The number of benzene rings is 2. The van der Waals surface area contributed by atoms with Crippen molar-refractivity contribution in [3.63, 3.8) is 0 Å². The van der Waals surface area contributed by atoms with Crippen LogP contribution in [0.15, 0.2) is 30.3 Å². The van der Waals surface area contributed by atoms with Gasteiger partial charge in [0.15, 0.2) is 6.10 Å². The number of hydrogen-bond donors (Lipinski definition) is 1. The van der Waals surface area contributed by atoms with Gasteiger partial charge in [-0.3, -0.25) is 4.79 Å². The number of nitrogens with one attached hydrogen (secondary N) is 1. The van der Waals surface area contributed by atoms with E-state index in [1.165, 1.54) is 0 Å². The zero-order valence-corrected chi connectivity index (χ0v) is 18.5. The minimum absolute atomic E-state index is 0.174. The second-order valence-corrected chi connectivity index (χ2v) is 8.54. The maximum absolute atomic E-state index is 12.9. The van der Waals surface area contributed by atoms with Crippen molar-refractivity contribution in [2.45, 2.75) is 58.8 Å². The average molecular weight is 418 g/mol. The first kappa shape index (κ1) is 21.3. The summed E-state index contributed by atoms with van der Waals surface area (Å²) in [5, 5.41) is 3.83. The summed E-state index contributed by atoms with van der Waals surface area (Å²) in [7, 11) is 1.62. The van der Waals surface area contributed by atoms with Gasteiger partial charge in [0, 0.05) is 23.1 Å². The van der Waals surface area contributed by atoms with Crippen LogP contribution in [-0.4, -0.2) is 24.7 Å². The fourth-order valence-electron chi connectivity index (χ4n) is 3.61. The molecule has 2 unspecified atom stereocenters. The van der Waals surface area contributed by atoms with Crippen LogP contribution in [0.25, 0.3) is 0 Å². The number of carbonyl (C=O) groups excluding carboxylic acids is 1. The number of methoxy groups -OCH3 is 1. The summed E-state index contributed by atoms with van der Waals surface area (Å²) < 4.78 is 17.3. The van der Waals surface area contributed by atoms with Crippen molar-refractivity contribution in [3.8, 4) is 17.2 Å². The highest BCUT2D eigenvalue weighted by atomic mass is 35.5. The fourth-order valence-corrected chi connectivity index (χ4v) is 3.72. The summed E-state index contributed by atoms with van der Waals surface area (Å²) in [6.45, 7) is 9.60. The molecule has 5 nitrogen and oxygen atoms in total. The number of halogens is 1. The Morgan fingerprint density at radius 3 is 2.48 bits per heavy atom. The molecule has 0 spiro atoms. The summed E-state index contributed by atoms with van der Waals surface area (Å²) in [5.74, 6) is 1.89. The SMILES string of the molecule is COc1ccc2c(c1)OC(C)(C)CC2NC(=O)C(C)Oc1cc(C)c(Cl)c(C)c1. The monoisotopic (exact) mass is 417 g/mol. The van der Waals surface area contributed by atoms with Crippen molar-refractivity contribution < 1.29 is 19.0 Å². The summed E-state index contributed by atoms with van der Waals surface area (Å²) in [6.07, 6.45) is 0.00635. The number of carbonyl (C=O) groups is 1. The molecule has 6 heteroatoms. The van der Waals surface area contributed by atoms with Crippen LogP contribution < -0.4 is 19.5 Å². The van der Waals surface area contributed by atoms with Crippen LogP contribution in [0.3, 0.4) is 0 Å². The lowest BCUT2D eigenvalue weighted by atomic mass is 9.89. The minimum Gasteiger partial charge on any atom is -0.497 e. The largest absolute Gasteiger partial charge is 0.497 e. The molecule has 0 saturated heterocycles. The second kappa shape index (κ2) is 8.15. The van der Waals surface area contributed by atoms with Crippen LogP contribution in [0.5, 0.6) is 17.2 Å². The molecule has 1 heterocycles. The predicted octanol–water partition coefficient (Wildman–Crippen LogP) is 5.15. The van der Waals surface area contributed by atoms with Crippen LogP contribution in [0.1, 0.15) is 49.9 Å². The van der Waals surface area contributed by atoms with Crippen LogP contribution in [-0.2, 0) is 4.79 Å². The Kier molecular flexibility index (Phi) is 5.99. The summed E-state index contributed by atoms with van der Waals surface area (Å²) in [6, 6.07) is 9.18. The van der Waals surface area contributed by atoms with E-state index >= 15 is 0 Å². The average Bonchev–Trinajstić information content (AvgIpc) is 2.64. The van der Waals surface area contributed by atoms with Crippen molar-refractivity contribution >= 4 is 17.5 Å². The standard InChI is InChI=1S/C23H28ClNO4/c1-13-9-17(10-14(2)21(13)24)28-15(3)22(26)25-19-12-23(4,5)29-20-11-16(27-6)7-8-18(19)20/h7-11,15,19H,12H2,1-6H3,(H,25,26). The molecule has 0 aromatic heterocycles. The van der Waals surface area contributed by atoms with Gasteiger partial charge >= 0.3 is 0 Å². The number of fused-ring (bicyclic) bond motifs is 1. The van der Waals surface area contributed by atoms with Crippen molar-refractivity contribution in [2.75, 3.05) is 7.11 Å². The molecule has 2 aromatic carbocycles. The van der Waals surface area contributed by atoms with Crippen LogP contribution in [0.2, 0.25) is 5.02 Å². The first-order valence-electron chi connectivity index (χ1n) is 9.70. The second-order valence-electron chi connectivity index (χ2n) is 8.16. The van der Waals surface area contributed by atoms with Crippen LogP contribution in [0, 0.1) is 13.8 Å². The number of rotatable bonds is 5. The Morgan fingerprint density at radius 2 is 1.86 bits per heavy atom. The molecule has 0 saturated carbocycles. The molecule has 0 bridgehead atoms. The van der Waals surface area contributed by atoms with Gasteiger partial charge in [0.05, 0.1) is 13.2 Å². The normalized spacial score (nSPS) is 18.2. The molecular formula is C23H28ClNO4. The van der Waals surface area contributed by atoms with E-state index < -0.39 is 11.7 Å². The number of ether oxygens (including phenoxy) is 3. The van der Waals surface area contributed by atoms with Gasteiger partial charge < -0.3 is 19.5 Å². The zero-order valence-electron chi connectivity index (χ0n) is 17.8. The maximum atomic E-state index is 12.9. The molecule has 1 amide bonds. The Labute approximate surface area is 177 Å². The van der Waals surface area contributed by atoms with Gasteiger partial charge in [0.25, 0.3) is 5.91 Å². The van der Waals surface area contributed by atoms with Crippen molar-refractivity contribution in [2.24, 2.45) is 0 Å². The van der Waals surface area contributed by atoms with Gasteiger partial charge in [-0.25, -0.2) is 0 Å². The first-order valence-corrected chi connectivity index (χ1v) is 10.1. The molecule has 29 heavy (non-hydrogen) atoms. The Balaban J connectivity index is 1.76. The van der Waals surface area contributed by atoms with Crippen LogP contribution >= 0.6 is 11.6 Å².